The molecule has 2 aromatic carbocycles. The number of nitrogen functional groups attached to an aromatic ring is 1. The lowest BCUT2D eigenvalue weighted by Gasteiger charge is -2.07. The van der Waals surface area contributed by atoms with Gasteiger partial charge in [-0.25, -0.2) is 0 Å². The number of anilines is 1. The van der Waals surface area contributed by atoms with Gasteiger partial charge in [-0.15, -0.1) is 0 Å². The summed E-state index contributed by atoms with van der Waals surface area (Å²) >= 11 is 11.5. The lowest BCUT2D eigenvalue weighted by atomic mass is 10.2. The third kappa shape index (κ3) is 3.44. The molecular formula is C14H13BrClNS. The first-order valence-corrected chi connectivity index (χ1v) is 7.85. The Balaban J connectivity index is 1.97. The summed E-state index contributed by atoms with van der Waals surface area (Å²) in [5, 5.41) is 0.830. The first kappa shape index (κ1) is 13.8. The number of halogens is 2. The molecule has 0 unspecified atom stereocenters. The Morgan fingerprint density at radius 2 is 1.67 bits per heavy atom. The quantitative estimate of drug-likeness (QED) is 0.781. The van der Waals surface area contributed by atoms with E-state index in [1.165, 1.54) is 11.1 Å². The van der Waals surface area contributed by atoms with Crippen molar-refractivity contribution in [2.75, 3.05) is 5.73 Å². The van der Waals surface area contributed by atoms with E-state index in [0.717, 1.165) is 26.7 Å². The van der Waals surface area contributed by atoms with Gasteiger partial charge in [-0.1, -0.05) is 41.9 Å². The zero-order valence-electron chi connectivity index (χ0n) is 9.70. The van der Waals surface area contributed by atoms with Gasteiger partial charge in [0.15, 0.2) is 0 Å². The molecule has 0 amide bonds. The maximum Gasteiger partial charge on any atom is 0.0461 e. The van der Waals surface area contributed by atoms with E-state index in [1.807, 2.05) is 42.1 Å². The lowest BCUT2D eigenvalue weighted by Crippen LogP contribution is -1.91. The average molecular weight is 343 g/mol. The van der Waals surface area contributed by atoms with Crippen LogP contribution in [0.2, 0.25) is 5.02 Å². The summed E-state index contributed by atoms with van der Waals surface area (Å²) < 4.78 is 0.997. The Morgan fingerprint density at radius 1 is 1.00 bits per heavy atom. The highest BCUT2D eigenvalue weighted by Gasteiger charge is 2.04. The van der Waals surface area contributed by atoms with E-state index in [2.05, 4.69) is 28.1 Å². The SMILES string of the molecule is Nc1cccc(CSCc2ccccc2Cl)c1Br. The fourth-order valence-corrected chi connectivity index (χ4v) is 3.50. The second-order valence-electron chi connectivity index (χ2n) is 3.90. The fourth-order valence-electron chi connectivity index (χ4n) is 1.60. The molecule has 0 aliphatic heterocycles. The smallest absolute Gasteiger partial charge is 0.0461 e. The molecule has 94 valence electrons. The molecule has 0 bridgehead atoms. The van der Waals surface area contributed by atoms with Crippen LogP contribution in [0, 0.1) is 0 Å². The van der Waals surface area contributed by atoms with E-state index in [1.54, 1.807) is 0 Å². The predicted molar refractivity (Wildman–Crippen MR) is 85.0 cm³/mol. The van der Waals surface area contributed by atoms with Crippen molar-refractivity contribution in [2.24, 2.45) is 0 Å². The van der Waals surface area contributed by atoms with Crippen molar-refractivity contribution in [3.8, 4) is 0 Å². The molecule has 2 aromatic rings. The van der Waals surface area contributed by atoms with Crippen molar-refractivity contribution < 1.29 is 0 Å². The van der Waals surface area contributed by atoms with E-state index < -0.39 is 0 Å². The fraction of sp³-hybridized carbons (Fsp3) is 0.143. The van der Waals surface area contributed by atoms with Crippen LogP contribution in [-0.4, -0.2) is 0 Å². The molecule has 0 saturated carbocycles. The number of benzene rings is 2. The standard InChI is InChI=1S/C14H13BrClNS/c15-14-11(5-3-7-13(14)17)9-18-8-10-4-1-2-6-12(10)16/h1-7H,8-9,17H2. The first-order chi connectivity index (χ1) is 8.68. The highest BCUT2D eigenvalue weighted by molar-refractivity contribution is 9.10. The molecule has 1 nitrogen and oxygen atoms in total. The molecule has 2 N–H and O–H groups in total. The molecule has 4 heteroatoms. The summed E-state index contributed by atoms with van der Waals surface area (Å²) in [6, 6.07) is 13.9. The Labute approximate surface area is 125 Å². The topological polar surface area (TPSA) is 26.0 Å². The van der Waals surface area contributed by atoms with E-state index in [9.17, 15) is 0 Å². The minimum atomic E-state index is 0.783. The summed E-state index contributed by atoms with van der Waals surface area (Å²) in [7, 11) is 0. The van der Waals surface area contributed by atoms with Crippen molar-refractivity contribution in [1.29, 1.82) is 0 Å². The van der Waals surface area contributed by atoms with Gasteiger partial charge in [-0.2, -0.15) is 11.8 Å². The van der Waals surface area contributed by atoms with Gasteiger partial charge in [0.2, 0.25) is 0 Å². The van der Waals surface area contributed by atoms with Crippen LogP contribution in [0.5, 0.6) is 0 Å². The van der Waals surface area contributed by atoms with E-state index in [-0.39, 0.29) is 0 Å². The maximum atomic E-state index is 6.12. The van der Waals surface area contributed by atoms with Gasteiger partial charge >= 0.3 is 0 Å². The van der Waals surface area contributed by atoms with Crippen LogP contribution >= 0.6 is 39.3 Å². The molecule has 0 saturated heterocycles. The molecule has 0 fully saturated rings. The van der Waals surface area contributed by atoms with Crippen LogP contribution < -0.4 is 5.73 Å². The minimum absolute atomic E-state index is 0.783. The summed E-state index contributed by atoms with van der Waals surface area (Å²) in [6.07, 6.45) is 0. The largest absolute Gasteiger partial charge is 0.398 e. The monoisotopic (exact) mass is 341 g/mol. The van der Waals surface area contributed by atoms with E-state index >= 15 is 0 Å². The number of hydrogen-bond donors (Lipinski definition) is 1. The Morgan fingerprint density at radius 3 is 2.44 bits per heavy atom. The third-order valence-corrected chi connectivity index (χ3v) is 4.95. The highest BCUT2D eigenvalue weighted by atomic mass is 79.9. The minimum Gasteiger partial charge on any atom is -0.398 e. The van der Waals surface area contributed by atoms with Gasteiger partial charge in [0.05, 0.1) is 0 Å². The third-order valence-electron chi connectivity index (χ3n) is 2.58. The predicted octanol–water partition coefficient (Wildman–Crippen LogP) is 5.12. The molecule has 0 spiro atoms. The average Bonchev–Trinajstić information content (AvgIpc) is 2.37. The molecule has 0 atom stereocenters. The van der Waals surface area contributed by atoms with Crippen LogP contribution in [0.1, 0.15) is 11.1 Å². The zero-order valence-corrected chi connectivity index (χ0v) is 12.9. The van der Waals surface area contributed by atoms with Crippen LogP contribution in [0.15, 0.2) is 46.9 Å². The molecule has 18 heavy (non-hydrogen) atoms. The van der Waals surface area contributed by atoms with Crippen LogP contribution in [0.4, 0.5) is 5.69 Å². The van der Waals surface area contributed by atoms with Gasteiger partial charge in [-0.05, 0) is 39.2 Å². The zero-order chi connectivity index (χ0) is 13.0. The second kappa shape index (κ2) is 6.50. The van der Waals surface area contributed by atoms with Crippen molar-refractivity contribution in [3.63, 3.8) is 0 Å². The number of thioether (sulfide) groups is 1. The summed E-state index contributed by atoms with van der Waals surface area (Å²) in [4.78, 5) is 0. The van der Waals surface area contributed by atoms with Gasteiger partial charge in [0.25, 0.3) is 0 Å². The summed E-state index contributed by atoms with van der Waals surface area (Å²) in [5.41, 5.74) is 9.02. The van der Waals surface area contributed by atoms with Crippen LogP contribution in [0.25, 0.3) is 0 Å². The summed E-state index contributed by atoms with van der Waals surface area (Å²) in [6.45, 7) is 0. The maximum absolute atomic E-state index is 6.12. The van der Waals surface area contributed by atoms with Crippen molar-refractivity contribution in [2.45, 2.75) is 11.5 Å². The highest BCUT2D eigenvalue weighted by Crippen LogP contribution is 2.29. The molecule has 0 aromatic heterocycles. The molecule has 0 heterocycles. The van der Waals surface area contributed by atoms with Crippen molar-refractivity contribution >= 4 is 45.0 Å². The van der Waals surface area contributed by atoms with E-state index in [0.29, 0.717) is 0 Å². The summed E-state index contributed by atoms with van der Waals surface area (Å²) in [5.74, 6) is 1.82. The number of nitrogens with two attached hydrogens (primary N) is 1. The first-order valence-electron chi connectivity index (χ1n) is 5.52. The Hall–Kier alpha value is -0.640. The van der Waals surface area contributed by atoms with Crippen molar-refractivity contribution in [3.05, 3.63) is 63.1 Å². The van der Waals surface area contributed by atoms with E-state index in [4.69, 9.17) is 17.3 Å². The van der Waals surface area contributed by atoms with Gasteiger partial charge in [0.1, 0.15) is 0 Å². The number of rotatable bonds is 4. The van der Waals surface area contributed by atoms with Gasteiger partial charge < -0.3 is 5.73 Å². The van der Waals surface area contributed by atoms with Crippen molar-refractivity contribution in [1.82, 2.24) is 0 Å². The number of hydrogen-bond acceptors (Lipinski definition) is 2. The Bertz CT molecular complexity index is 545. The molecule has 0 aliphatic rings. The Kier molecular flexibility index (Phi) is 4.98. The van der Waals surface area contributed by atoms with Crippen LogP contribution in [0.3, 0.4) is 0 Å². The molecular weight excluding hydrogens is 330 g/mol. The lowest BCUT2D eigenvalue weighted by molar-refractivity contribution is 1.35. The normalized spacial score (nSPS) is 10.6. The van der Waals surface area contributed by atoms with Crippen LogP contribution in [-0.2, 0) is 11.5 Å². The molecule has 2 rings (SSSR count). The van der Waals surface area contributed by atoms with Gasteiger partial charge in [-0.3, -0.25) is 0 Å². The molecule has 0 aliphatic carbocycles. The molecule has 0 radical (unpaired) electrons. The van der Waals surface area contributed by atoms with Gasteiger partial charge in [0, 0.05) is 26.7 Å². The second-order valence-corrected chi connectivity index (χ2v) is 6.09.